The largest absolute Gasteiger partial charge is 0.397 e. The van der Waals surface area contributed by atoms with E-state index in [-0.39, 0.29) is 0 Å². The van der Waals surface area contributed by atoms with Gasteiger partial charge in [0.15, 0.2) is 0 Å². The Hall–Kier alpha value is -1.62. The summed E-state index contributed by atoms with van der Waals surface area (Å²) in [5, 5.41) is 3.25. The molecule has 2 aromatic rings. The lowest BCUT2D eigenvalue weighted by Gasteiger charge is -2.09. The van der Waals surface area contributed by atoms with Gasteiger partial charge in [-0.15, -0.1) is 0 Å². The van der Waals surface area contributed by atoms with Gasteiger partial charge in [0.05, 0.1) is 23.6 Å². The van der Waals surface area contributed by atoms with Crippen molar-refractivity contribution in [1.82, 2.24) is 9.97 Å². The molecule has 1 heterocycles. The van der Waals surface area contributed by atoms with Gasteiger partial charge in [-0.25, -0.2) is 9.97 Å². The summed E-state index contributed by atoms with van der Waals surface area (Å²) in [6.07, 6.45) is 1.75. The third-order valence-electron chi connectivity index (χ3n) is 2.31. The number of aryl methyl sites for hydroxylation is 1. The molecule has 2 rings (SSSR count). The molecule has 0 aliphatic rings. The Balaban J connectivity index is 2.09. The molecular weight excluding hydrogens is 280 g/mol. The van der Waals surface area contributed by atoms with Crippen LogP contribution in [-0.2, 0) is 6.54 Å². The van der Waals surface area contributed by atoms with E-state index in [9.17, 15) is 0 Å². The minimum atomic E-state index is 0.629. The zero-order valence-electron chi connectivity index (χ0n) is 9.44. The highest BCUT2D eigenvalue weighted by Crippen LogP contribution is 2.23. The van der Waals surface area contributed by atoms with Crippen LogP contribution in [0.3, 0.4) is 0 Å². The van der Waals surface area contributed by atoms with Crippen molar-refractivity contribution in [1.29, 1.82) is 0 Å². The maximum Gasteiger partial charge on any atom is 0.125 e. The van der Waals surface area contributed by atoms with Crippen molar-refractivity contribution >= 4 is 27.3 Å². The van der Waals surface area contributed by atoms with Gasteiger partial charge >= 0.3 is 0 Å². The fraction of sp³-hybridized carbons (Fsp3) is 0.167. The Morgan fingerprint density at radius 2 is 2.18 bits per heavy atom. The van der Waals surface area contributed by atoms with E-state index < -0.39 is 0 Å². The first kappa shape index (κ1) is 11.9. The van der Waals surface area contributed by atoms with Gasteiger partial charge in [0.25, 0.3) is 0 Å². The van der Waals surface area contributed by atoms with Gasteiger partial charge in [0.2, 0.25) is 0 Å². The van der Waals surface area contributed by atoms with Crippen LogP contribution >= 0.6 is 15.9 Å². The molecule has 3 N–H and O–H groups in total. The van der Waals surface area contributed by atoms with E-state index in [2.05, 4.69) is 31.2 Å². The molecule has 0 saturated carbocycles. The number of rotatable bonds is 3. The number of hydrogen-bond donors (Lipinski definition) is 2. The average Bonchev–Trinajstić information content (AvgIpc) is 2.30. The number of hydrogen-bond acceptors (Lipinski definition) is 4. The number of nitrogens with zero attached hydrogens (tertiary/aromatic N) is 2. The molecule has 88 valence electrons. The van der Waals surface area contributed by atoms with Gasteiger partial charge in [0, 0.05) is 10.7 Å². The third-order valence-corrected chi connectivity index (χ3v) is 2.80. The first-order chi connectivity index (χ1) is 8.15. The molecule has 0 radical (unpaired) electrons. The zero-order valence-corrected chi connectivity index (χ0v) is 11.0. The molecule has 17 heavy (non-hydrogen) atoms. The van der Waals surface area contributed by atoms with E-state index in [1.165, 1.54) is 0 Å². The summed E-state index contributed by atoms with van der Waals surface area (Å²) in [5.74, 6) is 0.770. The smallest absolute Gasteiger partial charge is 0.125 e. The highest BCUT2D eigenvalue weighted by molar-refractivity contribution is 9.10. The van der Waals surface area contributed by atoms with Crippen LogP contribution < -0.4 is 11.1 Å². The Morgan fingerprint density at radius 1 is 1.35 bits per heavy atom. The molecule has 4 nitrogen and oxygen atoms in total. The second kappa shape index (κ2) is 5.14. The first-order valence-electron chi connectivity index (χ1n) is 5.22. The Kier molecular flexibility index (Phi) is 3.58. The maximum atomic E-state index is 5.87. The van der Waals surface area contributed by atoms with Crippen molar-refractivity contribution in [3.63, 3.8) is 0 Å². The summed E-state index contributed by atoms with van der Waals surface area (Å²) in [6, 6.07) is 7.60. The zero-order chi connectivity index (χ0) is 12.3. The second-order valence-corrected chi connectivity index (χ2v) is 4.60. The van der Waals surface area contributed by atoms with E-state index in [0.717, 1.165) is 27.4 Å². The molecule has 0 unspecified atom stereocenters. The SMILES string of the molecule is Cc1nccc(CNc2cc(Br)ccc2N)n1. The Morgan fingerprint density at radius 3 is 2.94 bits per heavy atom. The minimum Gasteiger partial charge on any atom is -0.397 e. The molecule has 1 aromatic heterocycles. The topological polar surface area (TPSA) is 63.8 Å². The van der Waals surface area contributed by atoms with E-state index in [1.807, 2.05) is 31.2 Å². The molecule has 0 atom stereocenters. The second-order valence-electron chi connectivity index (χ2n) is 3.68. The monoisotopic (exact) mass is 292 g/mol. The van der Waals surface area contributed by atoms with Crippen LogP contribution in [0.1, 0.15) is 11.5 Å². The molecular formula is C12H13BrN4. The predicted octanol–water partition coefficient (Wildman–Crippen LogP) is 2.74. The van der Waals surface area contributed by atoms with Crippen molar-refractivity contribution < 1.29 is 0 Å². The van der Waals surface area contributed by atoms with Crippen molar-refractivity contribution in [2.45, 2.75) is 13.5 Å². The Bertz CT molecular complexity index is 528. The lowest BCUT2D eigenvalue weighted by molar-refractivity contribution is 0.955. The minimum absolute atomic E-state index is 0.629. The number of halogens is 1. The normalized spacial score (nSPS) is 10.2. The molecule has 0 fully saturated rings. The van der Waals surface area contributed by atoms with Gasteiger partial charge in [-0.05, 0) is 31.2 Å². The van der Waals surface area contributed by atoms with E-state index in [1.54, 1.807) is 6.20 Å². The van der Waals surface area contributed by atoms with Gasteiger partial charge in [-0.1, -0.05) is 15.9 Å². The number of anilines is 2. The van der Waals surface area contributed by atoms with Crippen LogP contribution in [0.15, 0.2) is 34.9 Å². The van der Waals surface area contributed by atoms with Crippen LogP contribution in [0.5, 0.6) is 0 Å². The molecule has 0 aliphatic heterocycles. The number of nitrogen functional groups attached to an aromatic ring is 1. The van der Waals surface area contributed by atoms with Gasteiger partial charge < -0.3 is 11.1 Å². The molecule has 5 heteroatoms. The summed E-state index contributed by atoms with van der Waals surface area (Å²) in [7, 11) is 0. The quantitative estimate of drug-likeness (QED) is 0.854. The van der Waals surface area contributed by atoms with E-state index in [4.69, 9.17) is 5.73 Å². The first-order valence-corrected chi connectivity index (χ1v) is 6.02. The fourth-order valence-corrected chi connectivity index (χ4v) is 1.83. The Labute approximate surface area is 108 Å². The summed E-state index contributed by atoms with van der Waals surface area (Å²) in [5.41, 5.74) is 8.43. The molecule has 1 aromatic carbocycles. The molecule has 0 bridgehead atoms. The molecule has 0 amide bonds. The molecule has 0 aliphatic carbocycles. The summed E-state index contributed by atoms with van der Waals surface area (Å²) in [4.78, 5) is 8.37. The molecule has 0 saturated heterocycles. The van der Waals surface area contributed by atoms with Crippen LogP contribution in [-0.4, -0.2) is 9.97 Å². The summed E-state index contributed by atoms with van der Waals surface area (Å²) < 4.78 is 0.994. The average molecular weight is 293 g/mol. The van der Waals surface area contributed by atoms with Gasteiger partial charge in [0.1, 0.15) is 5.82 Å². The third kappa shape index (κ3) is 3.17. The van der Waals surface area contributed by atoms with Crippen molar-refractivity contribution in [3.05, 3.63) is 46.5 Å². The van der Waals surface area contributed by atoms with E-state index in [0.29, 0.717) is 6.54 Å². The number of nitrogens with two attached hydrogens (primary N) is 1. The lowest BCUT2D eigenvalue weighted by atomic mass is 10.2. The predicted molar refractivity (Wildman–Crippen MR) is 72.7 cm³/mol. The van der Waals surface area contributed by atoms with Crippen molar-refractivity contribution in [3.8, 4) is 0 Å². The number of aromatic nitrogens is 2. The van der Waals surface area contributed by atoms with Crippen LogP contribution in [0.2, 0.25) is 0 Å². The fourth-order valence-electron chi connectivity index (χ4n) is 1.47. The standard InChI is InChI=1S/C12H13BrN4/c1-8-15-5-4-10(17-8)7-16-12-6-9(13)2-3-11(12)14/h2-6,16H,7,14H2,1H3. The summed E-state index contributed by atoms with van der Waals surface area (Å²) in [6.45, 7) is 2.50. The number of nitrogens with one attached hydrogen (secondary N) is 1. The lowest BCUT2D eigenvalue weighted by Crippen LogP contribution is -2.05. The number of benzene rings is 1. The summed E-state index contributed by atoms with van der Waals surface area (Å²) >= 11 is 3.41. The van der Waals surface area contributed by atoms with Crippen molar-refractivity contribution in [2.24, 2.45) is 0 Å². The van der Waals surface area contributed by atoms with Crippen molar-refractivity contribution in [2.75, 3.05) is 11.1 Å². The van der Waals surface area contributed by atoms with Crippen LogP contribution in [0.25, 0.3) is 0 Å². The van der Waals surface area contributed by atoms with Gasteiger partial charge in [-0.2, -0.15) is 0 Å². The van der Waals surface area contributed by atoms with Crippen LogP contribution in [0.4, 0.5) is 11.4 Å². The van der Waals surface area contributed by atoms with Gasteiger partial charge in [-0.3, -0.25) is 0 Å². The van der Waals surface area contributed by atoms with E-state index >= 15 is 0 Å². The highest BCUT2D eigenvalue weighted by atomic mass is 79.9. The van der Waals surface area contributed by atoms with Crippen LogP contribution in [0, 0.1) is 6.92 Å². The highest BCUT2D eigenvalue weighted by Gasteiger charge is 2.01. The maximum absolute atomic E-state index is 5.87. The molecule has 0 spiro atoms.